The van der Waals surface area contributed by atoms with Gasteiger partial charge in [-0.1, -0.05) is 30.3 Å². The van der Waals surface area contributed by atoms with E-state index in [2.05, 4.69) is 10.3 Å². The number of hydrogen-bond donors (Lipinski definition) is 1. The maximum atomic E-state index is 14.4. The van der Waals surface area contributed by atoms with Gasteiger partial charge in [0.25, 0.3) is 0 Å². The van der Waals surface area contributed by atoms with Crippen LogP contribution in [-0.2, 0) is 18.4 Å². The molecule has 1 amide bonds. The van der Waals surface area contributed by atoms with Crippen molar-refractivity contribution in [2.45, 2.75) is 19.0 Å². The van der Waals surface area contributed by atoms with Gasteiger partial charge in [-0.3, -0.25) is 9.36 Å². The third kappa shape index (κ3) is 3.69. The third-order valence-corrected chi connectivity index (χ3v) is 4.77. The molecule has 4 aromatic rings. The van der Waals surface area contributed by atoms with E-state index >= 15 is 0 Å². The Morgan fingerprint density at radius 2 is 1.97 bits per heavy atom. The van der Waals surface area contributed by atoms with Crippen LogP contribution in [0.15, 0.2) is 70.1 Å². The molecule has 0 bridgehead atoms. The van der Waals surface area contributed by atoms with Gasteiger partial charge in [-0.2, -0.15) is 0 Å². The zero-order valence-corrected chi connectivity index (χ0v) is 15.7. The maximum absolute atomic E-state index is 14.4. The van der Waals surface area contributed by atoms with Gasteiger partial charge in [0.05, 0.1) is 5.52 Å². The molecule has 1 N–H and O–H groups in total. The van der Waals surface area contributed by atoms with Crippen LogP contribution in [0.25, 0.3) is 11.1 Å². The first-order valence-electron chi connectivity index (χ1n) is 9.14. The standard InChI is InChI=1S/C21H19FN4O3/c1-25-13-11-23-20(25)19(14-6-2-3-7-15(14)22)24-18(27)10-12-26-16-8-4-5-9-17(16)29-21(26)28/h2-9,11,13,19H,10,12H2,1H3,(H,24,27)/t19-/m0/s1. The van der Waals surface area contributed by atoms with Crippen molar-refractivity contribution >= 4 is 17.0 Å². The SMILES string of the molecule is Cn1ccnc1[C@@H](NC(=O)CCn1c(=O)oc2ccccc21)c1ccccc1F. The third-order valence-electron chi connectivity index (χ3n) is 4.77. The van der Waals surface area contributed by atoms with Crippen molar-refractivity contribution in [3.05, 3.63) is 88.7 Å². The van der Waals surface area contributed by atoms with Gasteiger partial charge in [0.1, 0.15) is 17.7 Å². The molecule has 0 saturated heterocycles. The van der Waals surface area contributed by atoms with Crippen molar-refractivity contribution in [1.29, 1.82) is 0 Å². The number of amides is 1. The van der Waals surface area contributed by atoms with Crippen LogP contribution in [0.4, 0.5) is 4.39 Å². The summed E-state index contributed by atoms with van der Waals surface area (Å²) in [7, 11) is 1.78. The summed E-state index contributed by atoms with van der Waals surface area (Å²) >= 11 is 0. The molecule has 0 saturated carbocycles. The molecule has 1 atom stereocenters. The van der Waals surface area contributed by atoms with Crippen molar-refractivity contribution in [2.75, 3.05) is 0 Å². The number of benzene rings is 2. The van der Waals surface area contributed by atoms with Crippen molar-refractivity contribution in [3.63, 3.8) is 0 Å². The minimum Gasteiger partial charge on any atom is -0.408 e. The second-order valence-corrected chi connectivity index (χ2v) is 6.66. The van der Waals surface area contributed by atoms with Crippen LogP contribution in [0.2, 0.25) is 0 Å². The number of carbonyl (C=O) groups excluding carboxylic acids is 1. The van der Waals surface area contributed by atoms with Gasteiger partial charge >= 0.3 is 5.76 Å². The van der Waals surface area contributed by atoms with Crippen LogP contribution in [0, 0.1) is 5.82 Å². The predicted molar refractivity (Wildman–Crippen MR) is 105 cm³/mol. The molecular formula is C21H19FN4O3. The zero-order valence-electron chi connectivity index (χ0n) is 15.7. The van der Waals surface area contributed by atoms with E-state index in [1.54, 1.807) is 66.5 Å². The molecule has 29 heavy (non-hydrogen) atoms. The maximum Gasteiger partial charge on any atom is 0.419 e. The van der Waals surface area contributed by atoms with Gasteiger partial charge in [-0.25, -0.2) is 14.2 Å². The van der Waals surface area contributed by atoms with Gasteiger partial charge in [0, 0.05) is 38.0 Å². The monoisotopic (exact) mass is 394 g/mol. The Bertz CT molecular complexity index is 1220. The number of halogens is 1. The van der Waals surface area contributed by atoms with E-state index in [-0.39, 0.29) is 18.9 Å². The van der Waals surface area contributed by atoms with Crippen LogP contribution in [0.1, 0.15) is 23.9 Å². The summed E-state index contributed by atoms with van der Waals surface area (Å²) in [6, 6.07) is 12.5. The summed E-state index contributed by atoms with van der Waals surface area (Å²) in [4.78, 5) is 29.0. The number of hydrogen-bond acceptors (Lipinski definition) is 4. The number of fused-ring (bicyclic) bond motifs is 1. The number of aromatic nitrogens is 3. The van der Waals surface area contributed by atoms with E-state index in [4.69, 9.17) is 4.42 Å². The van der Waals surface area contributed by atoms with Gasteiger partial charge in [0.15, 0.2) is 5.58 Å². The number of para-hydroxylation sites is 2. The van der Waals surface area contributed by atoms with Gasteiger partial charge < -0.3 is 14.3 Å². The topological polar surface area (TPSA) is 82.1 Å². The molecule has 0 radical (unpaired) electrons. The van der Waals surface area contributed by atoms with E-state index in [0.29, 0.717) is 22.5 Å². The Labute approximate surface area is 165 Å². The average Bonchev–Trinajstić information content (AvgIpc) is 3.27. The number of aryl methyl sites for hydroxylation is 2. The summed E-state index contributed by atoms with van der Waals surface area (Å²) in [5.74, 6) is -0.778. The van der Waals surface area contributed by atoms with Crippen molar-refractivity contribution < 1.29 is 13.6 Å². The smallest absolute Gasteiger partial charge is 0.408 e. The fourth-order valence-corrected chi connectivity index (χ4v) is 3.32. The molecule has 2 aromatic heterocycles. The second kappa shape index (κ2) is 7.75. The lowest BCUT2D eigenvalue weighted by atomic mass is 10.1. The Hall–Kier alpha value is -3.68. The normalized spacial score (nSPS) is 12.2. The Balaban J connectivity index is 1.56. The molecular weight excluding hydrogens is 375 g/mol. The number of carbonyl (C=O) groups is 1. The predicted octanol–water partition coefficient (Wildman–Crippen LogP) is 2.76. The zero-order chi connectivity index (χ0) is 20.4. The van der Waals surface area contributed by atoms with Crippen LogP contribution < -0.4 is 11.1 Å². The van der Waals surface area contributed by atoms with Crippen LogP contribution in [-0.4, -0.2) is 20.0 Å². The molecule has 4 rings (SSSR count). The molecule has 8 heteroatoms. The van der Waals surface area contributed by atoms with Gasteiger partial charge in [0.2, 0.25) is 5.91 Å². The summed E-state index contributed by atoms with van der Waals surface area (Å²) in [5, 5.41) is 2.84. The van der Waals surface area contributed by atoms with Gasteiger partial charge in [-0.15, -0.1) is 0 Å². The lowest BCUT2D eigenvalue weighted by molar-refractivity contribution is -0.121. The van der Waals surface area contributed by atoms with Crippen molar-refractivity contribution in [2.24, 2.45) is 7.05 Å². The Morgan fingerprint density at radius 3 is 2.72 bits per heavy atom. The number of nitrogens with one attached hydrogen (secondary N) is 1. The summed E-state index contributed by atoms with van der Waals surface area (Å²) in [6.45, 7) is 0.145. The van der Waals surface area contributed by atoms with E-state index in [9.17, 15) is 14.0 Å². The van der Waals surface area contributed by atoms with Crippen LogP contribution in [0.5, 0.6) is 0 Å². The Morgan fingerprint density at radius 1 is 1.21 bits per heavy atom. The molecule has 0 aliphatic heterocycles. The van der Waals surface area contributed by atoms with Gasteiger partial charge in [-0.05, 0) is 18.2 Å². The fourth-order valence-electron chi connectivity index (χ4n) is 3.32. The second-order valence-electron chi connectivity index (χ2n) is 6.66. The van der Waals surface area contributed by atoms with Crippen molar-refractivity contribution in [3.8, 4) is 0 Å². The van der Waals surface area contributed by atoms with Crippen LogP contribution >= 0.6 is 0 Å². The van der Waals surface area contributed by atoms with E-state index in [1.807, 2.05) is 0 Å². The molecule has 0 fully saturated rings. The van der Waals surface area contributed by atoms with Crippen molar-refractivity contribution in [1.82, 2.24) is 19.4 Å². The molecule has 0 spiro atoms. The van der Waals surface area contributed by atoms with E-state index in [1.165, 1.54) is 10.6 Å². The Kier molecular flexibility index (Phi) is 4.99. The fraction of sp³-hybridized carbons (Fsp3) is 0.190. The quantitative estimate of drug-likeness (QED) is 0.545. The highest BCUT2D eigenvalue weighted by Gasteiger charge is 2.23. The molecule has 0 aliphatic carbocycles. The minimum absolute atomic E-state index is 0.0266. The first-order valence-corrected chi connectivity index (χ1v) is 9.14. The molecule has 148 valence electrons. The lowest BCUT2D eigenvalue weighted by Gasteiger charge is -2.19. The molecule has 0 aliphatic rings. The highest BCUT2D eigenvalue weighted by Crippen LogP contribution is 2.23. The highest BCUT2D eigenvalue weighted by molar-refractivity contribution is 5.77. The summed E-state index contributed by atoms with van der Waals surface area (Å²) in [6.07, 6.45) is 3.35. The lowest BCUT2D eigenvalue weighted by Crippen LogP contribution is -2.32. The molecule has 2 aromatic carbocycles. The van der Waals surface area contributed by atoms with Crippen LogP contribution in [0.3, 0.4) is 0 Å². The minimum atomic E-state index is -0.749. The molecule has 0 unspecified atom stereocenters. The molecule has 7 nitrogen and oxygen atoms in total. The van der Waals surface area contributed by atoms with E-state index in [0.717, 1.165) is 0 Å². The largest absolute Gasteiger partial charge is 0.419 e. The first-order chi connectivity index (χ1) is 14.0. The van der Waals surface area contributed by atoms with E-state index < -0.39 is 17.6 Å². The number of rotatable bonds is 6. The first kappa shape index (κ1) is 18.7. The number of oxazole rings is 1. The number of imidazole rings is 1. The summed E-state index contributed by atoms with van der Waals surface area (Å²) < 4.78 is 22.7. The number of nitrogens with zero attached hydrogens (tertiary/aromatic N) is 3. The highest BCUT2D eigenvalue weighted by atomic mass is 19.1. The molecule has 2 heterocycles. The average molecular weight is 394 g/mol. The summed E-state index contributed by atoms with van der Waals surface area (Å²) in [5.41, 5.74) is 1.41.